The topological polar surface area (TPSA) is 38.7 Å². The largest absolute Gasteiger partial charge is 0.486 e. The summed E-state index contributed by atoms with van der Waals surface area (Å²) in [5.41, 5.74) is 2.32. The average Bonchev–Trinajstić information content (AvgIpc) is 2.28. The van der Waals surface area contributed by atoms with Gasteiger partial charge in [0.15, 0.2) is 11.5 Å². The Morgan fingerprint density at radius 1 is 1.31 bits per heavy atom. The molecule has 0 saturated heterocycles. The maximum Gasteiger partial charge on any atom is 0.164 e. The van der Waals surface area contributed by atoms with Gasteiger partial charge in [0.1, 0.15) is 13.2 Å². The lowest BCUT2D eigenvalue weighted by Gasteiger charge is -2.23. The van der Waals surface area contributed by atoms with Crippen LogP contribution in [-0.4, -0.2) is 24.4 Å². The van der Waals surface area contributed by atoms with Gasteiger partial charge in [0.25, 0.3) is 0 Å². The van der Waals surface area contributed by atoms with Crippen molar-refractivity contribution in [2.45, 2.75) is 32.8 Å². The van der Waals surface area contributed by atoms with Gasteiger partial charge in [0, 0.05) is 5.56 Å². The molecule has 1 aromatic carbocycles. The fraction of sp³-hybridized carbons (Fsp3) is 0.538. The van der Waals surface area contributed by atoms with Crippen molar-refractivity contribution in [3.63, 3.8) is 0 Å². The minimum absolute atomic E-state index is 0.326. The van der Waals surface area contributed by atoms with Gasteiger partial charge in [0.05, 0.1) is 6.10 Å². The van der Waals surface area contributed by atoms with Crippen LogP contribution >= 0.6 is 0 Å². The van der Waals surface area contributed by atoms with Crippen LogP contribution in [0.5, 0.6) is 11.5 Å². The molecule has 0 amide bonds. The molecule has 1 aliphatic heterocycles. The van der Waals surface area contributed by atoms with Crippen molar-refractivity contribution in [2.24, 2.45) is 0 Å². The van der Waals surface area contributed by atoms with Gasteiger partial charge in [-0.15, -0.1) is 0 Å². The summed E-state index contributed by atoms with van der Waals surface area (Å²) in [5.74, 6) is 1.70. The zero-order valence-electron chi connectivity index (χ0n) is 9.82. The van der Waals surface area contributed by atoms with Crippen molar-refractivity contribution >= 4 is 0 Å². The molecule has 1 unspecified atom stereocenters. The van der Waals surface area contributed by atoms with Crippen LogP contribution in [0.15, 0.2) is 12.1 Å². The second-order valence-electron chi connectivity index (χ2n) is 4.13. The summed E-state index contributed by atoms with van der Waals surface area (Å²) in [4.78, 5) is 0. The predicted octanol–water partition coefficient (Wildman–Crippen LogP) is 1.94. The van der Waals surface area contributed by atoms with E-state index in [0.29, 0.717) is 19.6 Å². The maximum absolute atomic E-state index is 9.46. The highest BCUT2D eigenvalue weighted by molar-refractivity contribution is 5.51. The van der Waals surface area contributed by atoms with Crippen molar-refractivity contribution in [2.75, 3.05) is 13.2 Å². The fourth-order valence-corrected chi connectivity index (χ4v) is 2.11. The average molecular weight is 222 g/mol. The van der Waals surface area contributed by atoms with E-state index in [1.807, 2.05) is 12.1 Å². The van der Waals surface area contributed by atoms with E-state index in [1.165, 1.54) is 0 Å². The Balaban J connectivity index is 2.39. The Hall–Kier alpha value is -1.22. The molecule has 2 rings (SSSR count). The number of fused-ring (bicyclic) bond motifs is 1. The van der Waals surface area contributed by atoms with Crippen LogP contribution in [0.2, 0.25) is 0 Å². The van der Waals surface area contributed by atoms with Crippen LogP contribution in [0.4, 0.5) is 0 Å². The number of aliphatic hydroxyl groups is 1. The molecule has 1 atom stereocenters. The molecule has 88 valence electrons. The van der Waals surface area contributed by atoms with E-state index < -0.39 is 0 Å². The molecule has 0 radical (unpaired) electrons. The van der Waals surface area contributed by atoms with Crippen LogP contribution in [0.1, 0.15) is 25.0 Å². The molecular weight excluding hydrogens is 204 g/mol. The lowest BCUT2D eigenvalue weighted by atomic mass is 9.98. The predicted molar refractivity (Wildman–Crippen MR) is 62.2 cm³/mol. The number of benzene rings is 1. The standard InChI is InChI=1S/C13H18O3/c1-3-11-10(8-9(2)14)4-5-12-13(11)16-7-6-15-12/h4-5,9,14H,3,6-8H2,1-2H3. The maximum atomic E-state index is 9.46. The number of hydrogen-bond donors (Lipinski definition) is 1. The van der Waals surface area contributed by atoms with E-state index in [-0.39, 0.29) is 6.10 Å². The minimum atomic E-state index is -0.326. The lowest BCUT2D eigenvalue weighted by Crippen LogP contribution is -2.18. The van der Waals surface area contributed by atoms with Crippen LogP contribution in [0.3, 0.4) is 0 Å². The van der Waals surface area contributed by atoms with E-state index >= 15 is 0 Å². The third-order valence-corrected chi connectivity index (χ3v) is 2.78. The summed E-state index contributed by atoms with van der Waals surface area (Å²) in [6.45, 7) is 5.12. The zero-order valence-corrected chi connectivity index (χ0v) is 9.82. The second kappa shape index (κ2) is 4.74. The van der Waals surface area contributed by atoms with E-state index in [1.54, 1.807) is 6.92 Å². The molecule has 0 saturated carbocycles. The SMILES string of the molecule is CCc1c(CC(C)O)ccc2c1OCCO2. The van der Waals surface area contributed by atoms with Gasteiger partial charge in [-0.05, 0) is 31.4 Å². The normalized spacial score (nSPS) is 15.9. The lowest BCUT2D eigenvalue weighted by molar-refractivity contribution is 0.168. The van der Waals surface area contributed by atoms with E-state index in [0.717, 1.165) is 29.0 Å². The molecule has 3 heteroatoms. The number of rotatable bonds is 3. The number of aliphatic hydroxyl groups excluding tert-OH is 1. The number of ether oxygens (including phenoxy) is 2. The van der Waals surface area contributed by atoms with Crippen molar-refractivity contribution in [3.05, 3.63) is 23.3 Å². The van der Waals surface area contributed by atoms with E-state index in [9.17, 15) is 5.11 Å². The highest BCUT2D eigenvalue weighted by Gasteiger charge is 2.18. The molecular formula is C13H18O3. The summed E-state index contributed by atoms with van der Waals surface area (Å²) in [5, 5.41) is 9.46. The minimum Gasteiger partial charge on any atom is -0.486 e. The van der Waals surface area contributed by atoms with Crippen LogP contribution in [0, 0.1) is 0 Å². The Morgan fingerprint density at radius 3 is 2.75 bits per heavy atom. The van der Waals surface area contributed by atoms with Gasteiger partial charge in [-0.3, -0.25) is 0 Å². The van der Waals surface area contributed by atoms with Gasteiger partial charge < -0.3 is 14.6 Å². The fourth-order valence-electron chi connectivity index (χ4n) is 2.11. The molecule has 1 aromatic rings. The first-order chi connectivity index (χ1) is 7.72. The smallest absolute Gasteiger partial charge is 0.164 e. The summed E-state index contributed by atoms with van der Waals surface area (Å²) in [6.07, 6.45) is 1.24. The van der Waals surface area contributed by atoms with Gasteiger partial charge in [-0.2, -0.15) is 0 Å². The zero-order chi connectivity index (χ0) is 11.5. The van der Waals surface area contributed by atoms with Gasteiger partial charge in [-0.25, -0.2) is 0 Å². The summed E-state index contributed by atoms with van der Waals surface area (Å²) in [6, 6.07) is 3.96. The molecule has 1 heterocycles. The highest BCUT2D eigenvalue weighted by Crippen LogP contribution is 2.36. The van der Waals surface area contributed by atoms with E-state index in [2.05, 4.69) is 6.92 Å². The molecule has 0 bridgehead atoms. The Morgan fingerprint density at radius 2 is 2.06 bits per heavy atom. The van der Waals surface area contributed by atoms with Crippen LogP contribution in [0.25, 0.3) is 0 Å². The van der Waals surface area contributed by atoms with Gasteiger partial charge in [-0.1, -0.05) is 13.0 Å². The highest BCUT2D eigenvalue weighted by atomic mass is 16.6. The van der Waals surface area contributed by atoms with Crippen LogP contribution < -0.4 is 9.47 Å². The van der Waals surface area contributed by atoms with Crippen molar-refractivity contribution in [1.29, 1.82) is 0 Å². The molecule has 1 N–H and O–H groups in total. The van der Waals surface area contributed by atoms with Crippen molar-refractivity contribution in [3.8, 4) is 11.5 Å². The van der Waals surface area contributed by atoms with Crippen molar-refractivity contribution in [1.82, 2.24) is 0 Å². The molecule has 0 aliphatic carbocycles. The number of hydrogen-bond acceptors (Lipinski definition) is 3. The summed E-state index contributed by atoms with van der Waals surface area (Å²) in [7, 11) is 0. The Kier molecular flexibility index (Phi) is 3.34. The first-order valence-corrected chi connectivity index (χ1v) is 5.80. The van der Waals surface area contributed by atoms with Crippen LogP contribution in [-0.2, 0) is 12.8 Å². The molecule has 1 aliphatic rings. The monoisotopic (exact) mass is 222 g/mol. The molecule has 16 heavy (non-hydrogen) atoms. The second-order valence-corrected chi connectivity index (χ2v) is 4.13. The van der Waals surface area contributed by atoms with Crippen molar-refractivity contribution < 1.29 is 14.6 Å². The first-order valence-electron chi connectivity index (χ1n) is 5.80. The molecule has 0 aromatic heterocycles. The third kappa shape index (κ3) is 2.14. The molecule has 3 nitrogen and oxygen atoms in total. The van der Waals surface area contributed by atoms with E-state index in [4.69, 9.17) is 9.47 Å². The van der Waals surface area contributed by atoms with Gasteiger partial charge >= 0.3 is 0 Å². The first kappa shape index (κ1) is 11.3. The Bertz CT molecular complexity index is 372. The summed E-state index contributed by atoms with van der Waals surface area (Å²) >= 11 is 0. The summed E-state index contributed by atoms with van der Waals surface area (Å²) < 4.78 is 11.2. The van der Waals surface area contributed by atoms with Gasteiger partial charge in [0.2, 0.25) is 0 Å². The quantitative estimate of drug-likeness (QED) is 0.849. The Labute approximate surface area is 96.0 Å². The third-order valence-electron chi connectivity index (χ3n) is 2.78. The molecule has 0 fully saturated rings. The molecule has 0 spiro atoms.